The third-order valence-corrected chi connectivity index (χ3v) is 3.92. The topological polar surface area (TPSA) is 62.5 Å². The van der Waals surface area contributed by atoms with Gasteiger partial charge in [0.05, 0.1) is 12.1 Å². The number of carbonyl (C=O) groups excluding carboxylic acids is 1. The number of amides is 1. The van der Waals surface area contributed by atoms with Gasteiger partial charge in [-0.2, -0.15) is 0 Å². The first-order valence-electron chi connectivity index (χ1n) is 6.66. The summed E-state index contributed by atoms with van der Waals surface area (Å²) in [4.78, 5) is 20.0. The van der Waals surface area contributed by atoms with Gasteiger partial charge in [-0.1, -0.05) is 12.1 Å². The maximum atomic E-state index is 12.1. The van der Waals surface area contributed by atoms with Gasteiger partial charge in [-0.15, -0.1) is 11.3 Å². The Hall–Kier alpha value is -2.08. The monoisotopic (exact) mass is 304 g/mol. The summed E-state index contributed by atoms with van der Waals surface area (Å²) in [6.07, 6.45) is 0.292. The normalized spacial score (nSPS) is 10.4. The van der Waals surface area contributed by atoms with Gasteiger partial charge in [0, 0.05) is 38.8 Å². The summed E-state index contributed by atoms with van der Waals surface area (Å²) in [7, 11) is 5.81. The number of thiazole rings is 1. The molecule has 0 aliphatic carbocycles. The molecule has 112 valence electrons. The zero-order valence-corrected chi connectivity index (χ0v) is 13.4. The van der Waals surface area contributed by atoms with Gasteiger partial charge in [-0.3, -0.25) is 4.79 Å². The van der Waals surface area contributed by atoms with E-state index in [9.17, 15) is 4.79 Å². The summed E-state index contributed by atoms with van der Waals surface area (Å²) < 4.78 is 0. The Bertz CT molecular complexity index is 606. The number of rotatable bonds is 5. The third kappa shape index (κ3) is 4.19. The van der Waals surface area contributed by atoms with Crippen LogP contribution in [-0.4, -0.2) is 36.9 Å². The van der Waals surface area contributed by atoms with E-state index in [2.05, 4.69) is 17.1 Å². The lowest BCUT2D eigenvalue weighted by Crippen LogP contribution is -2.27. The number of hydrogen-bond donors (Lipinski definition) is 1. The van der Waals surface area contributed by atoms with Crippen LogP contribution in [0.1, 0.15) is 11.3 Å². The highest BCUT2D eigenvalue weighted by Gasteiger charge is 2.12. The van der Waals surface area contributed by atoms with Crippen LogP contribution >= 0.6 is 11.3 Å². The first-order valence-corrected chi connectivity index (χ1v) is 7.54. The van der Waals surface area contributed by atoms with E-state index in [1.807, 2.05) is 36.5 Å². The summed E-state index contributed by atoms with van der Waals surface area (Å²) in [5.41, 5.74) is 8.55. The number of benzene rings is 1. The largest absolute Gasteiger partial charge is 0.378 e. The molecule has 2 N–H and O–H groups in total. The van der Waals surface area contributed by atoms with Crippen LogP contribution in [0.2, 0.25) is 0 Å². The molecule has 5 nitrogen and oxygen atoms in total. The second-order valence-electron chi connectivity index (χ2n) is 5.16. The predicted molar refractivity (Wildman–Crippen MR) is 87.5 cm³/mol. The van der Waals surface area contributed by atoms with Gasteiger partial charge in [0.15, 0.2) is 5.13 Å². The molecule has 2 aromatic rings. The van der Waals surface area contributed by atoms with Gasteiger partial charge >= 0.3 is 0 Å². The lowest BCUT2D eigenvalue weighted by molar-refractivity contribution is -0.129. The number of carbonyl (C=O) groups is 1. The zero-order valence-electron chi connectivity index (χ0n) is 12.5. The van der Waals surface area contributed by atoms with Gasteiger partial charge in [0.1, 0.15) is 0 Å². The highest BCUT2D eigenvalue weighted by molar-refractivity contribution is 7.13. The molecular weight excluding hydrogens is 284 g/mol. The number of likely N-dealkylation sites (N-methyl/N-ethyl adjacent to an activating group) is 1. The molecular formula is C15H20N4OS. The Labute approximate surface area is 129 Å². The number of hydrogen-bond acceptors (Lipinski definition) is 5. The van der Waals surface area contributed by atoms with Crippen LogP contribution in [0.15, 0.2) is 29.6 Å². The SMILES string of the molecule is CN(Cc1ccc(N(C)C)cc1)C(=O)Cc1csc(N)n1. The molecule has 0 saturated heterocycles. The summed E-state index contributed by atoms with van der Waals surface area (Å²) in [6, 6.07) is 8.18. The summed E-state index contributed by atoms with van der Waals surface area (Å²) in [6.45, 7) is 0.589. The molecule has 1 heterocycles. The van der Waals surface area contributed by atoms with Crippen molar-refractivity contribution >= 4 is 28.1 Å². The van der Waals surface area contributed by atoms with Crippen molar-refractivity contribution in [2.24, 2.45) is 0 Å². The fraction of sp³-hybridized carbons (Fsp3) is 0.333. The van der Waals surface area contributed by atoms with Crippen LogP contribution < -0.4 is 10.6 Å². The fourth-order valence-electron chi connectivity index (χ4n) is 1.96. The van der Waals surface area contributed by atoms with Gasteiger partial charge in [0.25, 0.3) is 0 Å². The van der Waals surface area contributed by atoms with Crippen LogP contribution in [0.4, 0.5) is 10.8 Å². The molecule has 0 radical (unpaired) electrons. The third-order valence-electron chi connectivity index (χ3n) is 3.20. The summed E-state index contributed by atoms with van der Waals surface area (Å²) >= 11 is 1.36. The molecule has 1 amide bonds. The minimum absolute atomic E-state index is 0.0389. The second-order valence-corrected chi connectivity index (χ2v) is 6.05. The molecule has 1 aromatic carbocycles. The maximum Gasteiger partial charge on any atom is 0.228 e. The number of nitrogen functional groups attached to an aromatic ring is 1. The molecule has 0 fully saturated rings. The summed E-state index contributed by atoms with van der Waals surface area (Å²) in [5, 5.41) is 2.33. The highest BCUT2D eigenvalue weighted by Crippen LogP contribution is 2.15. The molecule has 0 unspecified atom stereocenters. The molecule has 0 saturated carbocycles. The second kappa shape index (κ2) is 6.58. The van der Waals surface area contributed by atoms with Crippen molar-refractivity contribution in [3.8, 4) is 0 Å². The zero-order chi connectivity index (χ0) is 15.4. The summed E-state index contributed by atoms with van der Waals surface area (Å²) in [5.74, 6) is 0.0389. The molecule has 0 atom stereocenters. The van der Waals surface area contributed by atoms with Crippen molar-refractivity contribution in [1.29, 1.82) is 0 Å². The van der Waals surface area contributed by atoms with Crippen molar-refractivity contribution in [1.82, 2.24) is 9.88 Å². The molecule has 0 bridgehead atoms. The maximum absolute atomic E-state index is 12.1. The quantitative estimate of drug-likeness (QED) is 0.917. The smallest absolute Gasteiger partial charge is 0.228 e. The van der Waals surface area contributed by atoms with E-state index in [0.29, 0.717) is 18.1 Å². The molecule has 2 rings (SSSR count). The number of anilines is 2. The van der Waals surface area contributed by atoms with E-state index in [0.717, 1.165) is 16.9 Å². The molecule has 0 aliphatic rings. The van der Waals surface area contributed by atoms with Gasteiger partial charge < -0.3 is 15.5 Å². The molecule has 6 heteroatoms. The van der Waals surface area contributed by atoms with E-state index in [-0.39, 0.29) is 5.91 Å². The fourth-order valence-corrected chi connectivity index (χ4v) is 2.52. The Morgan fingerprint density at radius 1 is 1.24 bits per heavy atom. The van der Waals surface area contributed by atoms with Crippen molar-refractivity contribution in [3.05, 3.63) is 40.9 Å². The standard InChI is InChI=1S/C15H20N4OS/c1-18(2)13-6-4-11(5-7-13)9-19(3)14(20)8-12-10-21-15(16)17-12/h4-7,10H,8-9H2,1-3H3,(H2,16,17). The molecule has 0 spiro atoms. The first kappa shape index (κ1) is 15.3. The van der Waals surface area contributed by atoms with E-state index < -0.39 is 0 Å². The Balaban J connectivity index is 1.93. The van der Waals surface area contributed by atoms with Crippen LogP contribution in [0, 0.1) is 0 Å². The van der Waals surface area contributed by atoms with Crippen molar-refractivity contribution in [2.75, 3.05) is 31.8 Å². The molecule has 1 aromatic heterocycles. The first-order chi connectivity index (χ1) is 9.95. The van der Waals surface area contributed by atoms with Crippen LogP contribution in [-0.2, 0) is 17.8 Å². The predicted octanol–water partition coefficient (Wildman–Crippen LogP) is 1.99. The lowest BCUT2D eigenvalue weighted by atomic mass is 10.2. The van der Waals surface area contributed by atoms with Crippen molar-refractivity contribution in [2.45, 2.75) is 13.0 Å². The minimum atomic E-state index is 0.0389. The van der Waals surface area contributed by atoms with Gasteiger partial charge in [-0.25, -0.2) is 4.98 Å². The van der Waals surface area contributed by atoms with Crippen LogP contribution in [0.3, 0.4) is 0 Å². The van der Waals surface area contributed by atoms with Crippen molar-refractivity contribution < 1.29 is 4.79 Å². The number of nitrogens with two attached hydrogens (primary N) is 1. The average Bonchev–Trinajstić information content (AvgIpc) is 2.84. The average molecular weight is 304 g/mol. The van der Waals surface area contributed by atoms with Gasteiger partial charge in [-0.05, 0) is 17.7 Å². The Morgan fingerprint density at radius 2 is 1.90 bits per heavy atom. The lowest BCUT2D eigenvalue weighted by Gasteiger charge is -2.18. The Morgan fingerprint density at radius 3 is 2.43 bits per heavy atom. The van der Waals surface area contributed by atoms with E-state index in [1.54, 1.807) is 11.9 Å². The van der Waals surface area contributed by atoms with Gasteiger partial charge in [0.2, 0.25) is 5.91 Å². The van der Waals surface area contributed by atoms with E-state index in [1.165, 1.54) is 11.3 Å². The van der Waals surface area contributed by atoms with Crippen LogP contribution in [0.5, 0.6) is 0 Å². The molecule has 0 aliphatic heterocycles. The Kier molecular flexibility index (Phi) is 4.80. The van der Waals surface area contributed by atoms with Crippen molar-refractivity contribution in [3.63, 3.8) is 0 Å². The molecule has 21 heavy (non-hydrogen) atoms. The highest BCUT2D eigenvalue weighted by atomic mass is 32.1. The van der Waals surface area contributed by atoms with Crippen LogP contribution in [0.25, 0.3) is 0 Å². The van der Waals surface area contributed by atoms with E-state index in [4.69, 9.17) is 5.73 Å². The minimum Gasteiger partial charge on any atom is -0.378 e. The number of nitrogens with zero attached hydrogens (tertiary/aromatic N) is 3. The van der Waals surface area contributed by atoms with E-state index >= 15 is 0 Å². The number of aromatic nitrogens is 1.